The van der Waals surface area contributed by atoms with E-state index in [0.717, 1.165) is 50.5 Å². The fourth-order valence-corrected chi connectivity index (χ4v) is 3.41. The number of pyridine rings is 1. The number of amides is 2. The third-order valence-electron chi connectivity index (χ3n) is 5.54. The van der Waals surface area contributed by atoms with Crippen LogP contribution in [0.3, 0.4) is 0 Å². The SMILES string of the molecule is CCN1CCN(c2ccc(CNC(=O)CCNC(=O)C3CC3C)cn2)CC1. The average Bonchev–Trinajstić information content (AvgIpc) is 3.43. The van der Waals surface area contributed by atoms with Crippen LogP contribution in [0.1, 0.15) is 32.3 Å². The Balaban J connectivity index is 1.34. The van der Waals surface area contributed by atoms with Gasteiger partial charge in [0.25, 0.3) is 0 Å². The largest absolute Gasteiger partial charge is 0.355 e. The van der Waals surface area contributed by atoms with Gasteiger partial charge in [-0.25, -0.2) is 4.98 Å². The number of carbonyl (C=O) groups is 2. The van der Waals surface area contributed by atoms with E-state index in [2.05, 4.69) is 39.3 Å². The molecule has 2 heterocycles. The van der Waals surface area contributed by atoms with Crippen molar-refractivity contribution in [3.05, 3.63) is 23.9 Å². The summed E-state index contributed by atoms with van der Waals surface area (Å²) in [4.78, 5) is 32.9. The van der Waals surface area contributed by atoms with E-state index >= 15 is 0 Å². The predicted octanol–water partition coefficient (Wildman–Crippen LogP) is 1.00. The number of nitrogens with zero attached hydrogens (tertiary/aromatic N) is 3. The summed E-state index contributed by atoms with van der Waals surface area (Å²) in [5.74, 6) is 1.67. The highest BCUT2D eigenvalue weighted by molar-refractivity contribution is 5.82. The molecule has 7 heteroatoms. The van der Waals surface area contributed by atoms with Gasteiger partial charge in [0.05, 0.1) is 0 Å². The number of piperazine rings is 1. The van der Waals surface area contributed by atoms with Crippen LogP contribution in [0.5, 0.6) is 0 Å². The van der Waals surface area contributed by atoms with Crippen molar-refractivity contribution in [1.29, 1.82) is 0 Å². The highest BCUT2D eigenvalue weighted by Gasteiger charge is 2.38. The van der Waals surface area contributed by atoms with E-state index in [9.17, 15) is 9.59 Å². The molecule has 2 amide bonds. The van der Waals surface area contributed by atoms with E-state index in [1.54, 1.807) is 0 Å². The Bertz CT molecular complexity index is 640. The molecule has 1 aromatic heterocycles. The van der Waals surface area contributed by atoms with E-state index in [1.165, 1.54) is 0 Å². The van der Waals surface area contributed by atoms with Crippen molar-refractivity contribution < 1.29 is 9.59 Å². The smallest absolute Gasteiger partial charge is 0.223 e. The third kappa shape index (κ3) is 5.66. The Morgan fingerprint density at radius 2 is 1.93 bits per heavy atom. The van der Waals surface area contributed by atoms with E-state index in [-0.39, 0.29) is 17.7 Å². The maximum absolute atomic E-state index is 11.9. The van der Waals surface area contributed by atoms with Gasteiger partial charge in [-0.1, -0.05) is 19.9 Å². The van der Waals surface area contributed by atoms with Crippen molar-refractivity contribution in [3.8, 4) is 0 Å². The Hall–Kier alpha value is -2.15. The maximum Gasteiger partial charge on any atom is 0.223 e. The summed E-state index contributed by atoms with van der Waals surface area (Å²) >= 11 is 0. The molecule has 27 heavy (non-hydrogen) atoms. The third-order valence-corrected chi connectivity index (χ3v) is 5.54. The Morgan fingerprint density at radius 1 is 1.19 bits per heavy atom. The molecule has 0 aromatic carbocycles. The molecule has 3 rings (SSSR count). The summed E-state index contributed by atoms with van der Waals surface area (Å²) < 4.78 is 0. The van der Waals surface area contributed by atoms with Crippen LogP contribution in [0.4, 0.5) is 5.82 Å². The van der Waals surface area contributed by atoms with E-state index in [1.807, 2.05) is 18.3 Å². The molecule has 7 nitrogen and oxygen atoms in total. The fourth-order valence-electron chi connectivity index (χ4n) is 3.41. The lowest BCUT2D eigenvalue weighted by Gasteiger charge is -2.34. The Kier molecular flexibility index (Phi) is 6.66. The second kappa shape index (κ2) is 9.17. The Labute approximate surface area is 161 Å². The van der Waals surface area contributed by atoms with Crippen molar-refractivity contribution in [1.82, 2.24) is 20.5 Å². The van der Waals surface area contributed by atoms with Gasteiger partial charge in [0.1, 0.15) is 5.82 Å². The van der Waals surface area contributed by atoms with Gasteiger partial charge in [-0.2, -0.15) is 0 Å². The van der Waals surface area contributed by atoms with Crippen LogP contribution in [-0.4, -0.2) is 61.0 Å². The number of carbonyl (C=O) groups excluding carboxylic acids is 2. The zero-order chi connectivity index (χ0) is 19.2. The van der Waals surface area contributed by atoms with Crippen LogP contribution in [0.15, 0.2) is 18.3 Å². The Morgan fingerprint density at radius 3 is 2.52 bits per heavy atom. The average molecular weight is 374 g/mol. The highest BCUT2D eigenvalue weighted by atomic mass is 16.2. The summed E-state index contributed by atoms with van der Waals surface area (Å²) in [5.41, 5.74) is 0.982. The van der Waals surface area contributed by atoms with Crippen LogP contribution in [-0.2, 0) is 16.1 Å². The lowest BCUT2D eigenvalue weighted by atomic mass is 10.2. The normalized spacial score (nSPS) is 22.4. The van der Waals surface area contributed by atoms with Gasteiger partial charge in [-0.15, -0.1) is 0 Å². The molecular weight excluding hydrogens is 342 g/mol. The minimum Gasteiger partial charge on any atom is -0.355 e. The molecule has 0 spiro atoms. The molecule has 2 fully saturated rings. The van der Waals surface area contributed by atoms with Gasteiger partial charge < -0.3 is 20.4 Å². The number of anilines is 1. The number of likely N-dealkylation sites (N-methyl/N-ethyl adjacent to an activating group) is 1. The van der Waals surface area contributed by atoms with Crippen LogP contribution < -0.4 is 15.5 Å². The van der Waals surface area contributed by atoms with Crippen LogP contribution in [0.2, 0.25) is 0 Å². The van der Waals surface area contributed by atoms with Crippen molar-refractivity contribution in [2.45, 2.75) is 33.2 Å². The molecule has 1 saturated carbocycles. The first-order valence-corrected chi connectivity index (χ1v) is 10.0. The van der Waals surface area contributed by atoms with Crippen molar-refractivity contribution in [3.63, 3.8) is 0 Å². The van der Waals surface area contributed by atoms with Crippen molar-refractivity contribution >= 4 is 17.6 Å². The summed E-state index contributed by atoms with van der Waals surface area (Å²) in [5, 5.41) is 5.72. The molecule has 1 aliphatic heterocycles. The standard InChI is InChI=1S/C20H31N5O2/c1-3-24-8-10-25(11-9-24)18-5-4-16(13-22-18)14-23-19(26)6-7-21-20(27)17-12-15(17)2/h4-5,13,15,17H,3,6-12,14H2,1-2H3,(H,21,27)(H,23,26). The van der Waals surface area contributed by atoms with Crippen molar-refractivity contribution in [2.24, 2.45) is 11.8 Å². The molecule has 2 aliphatic rings. The second-order valence-corrected chi connectivity index (χ2v) is 7.58. The van der Waals surface area contributed by atoms with Gasteiger partial charge in [0, 0.05) is 57.8 Å². The topological polar surface area (TPSA) is 77.6 Å². The molecule has 1 aliphatic carbocycles. The molecule has 1 aromatic rings. The molecule has 2 atom stereocenters. The van der Waals surface area contributed by atoms with Gasteiger partial charge in [0.2, 0.25) is 11.8 Å². The van der Waals surface area contributed by atoms with Gasteiger partial charge in [0.15, 0.2) is 0 Å². The molecule has 1 saturated heterocycles. The number of nitrogens with one attached hydrogen (secondary N) is 2. The monoisotopic (exact) mass is 373 g/mol. The first kappa shape index (κ1) is 19.6. The van der Waals surface area contributed by atoms with Gasteiger partial charge in [-0.3, -0.25) is 9.59 Å². The molecule has 0 radical (unpaired) electrons. The maximum atomic E-state index is 11.9. The first-order chi connectivity index (χ1) is 13.1. The number of rotatable bonds is 8. The van der Waals surface area contributed by atoms with E-state index < -0.39 is 0 Å². The quantitative estimate of drug-likeness (QED) is 0.711. The van der Waals surface area contributed by atoms with Gasteiger partial charge >= 0.3 is 0 Å². The summed E-state index contributed by atoms with van der Waals surface area (Å²) in [7, 11) is 0. The minimum atomic E-state index is -0.0566. The molecule has 2 N–H and O–H groups in total. The molecule has 148 valence electrons. The summed E-state index contributed by atoms with van der Waals surface area (Å²) in [6.07, 6.45) is 3.10. The zero-order valence-electron chi connectivity index (χ0n) is 16.4. The lowest BCUT2D eigenvalue weighted by Crippen LogP contribution is -2.46. The van der Waals surface area contributed by atoms with E-state index in [0.29, 0.717) is 25.4 Å². The predicted molar refractivity (Wildman–Crippen MR) is 105 cm³/mol. The summed E-state index contributed by atoms with van der Waals surface area (Å²) in [6.45, 7) is 10.4. The minimum absolute atomic E-state index is 0.0566. The van der Waals surface area contributed by atoms with Gasteiger partial charge in [-0.05, 0) is 30.5 Å². The number of hydrogen-bond donors (Lipinski definition) is 2. The summed E-state index contributed by atoms with van der Waals surface area (Å²) in [6, 6.07) is 4.05. The van der Waals surface area contributed by atoms with E-state index in [4.69, 9.17) is 0 Å². The van der Waals surface area contributed by atoms with Crippen molar-refractivity contribution in [2.75, 3.05) is 44.2 Å². The lowest BCUT2D eigenvalue weighted by molar-refractivity contribution is -0.123. The number of hydrogen-bond acceptors (Lipinski definition) is 5. The fraction of sp³-hybridized carbons (Fsp3) is 0.650. The molecular formula is C20H31N5O2. The molecule has 0 bridgehead atoms. The van der Waals surface area contributed by atoms with Crippen LogP contribution >= 0.6 is 0 Å². The zero-order valence-corrected chi connectivity index (χ0v) is 16.4. The number of aromatic nitrogens is 1. The first-order valence-electron chi connectivity index (χ1n) is 10.0. The highest BCUT2D eigenvalue weighted by Crippen LogP contribution is 2.37. The second-order valence-electron chi connectivity index (χ2n) is 7.58. The van der Waals surface area contributed by atoms with Crippen LogP contribution in [0, 0.1) is 11.8 Å². The van der Waals surface area contributed by atoms with Crippen LogP contribution in [0.25, 0.3) is 0 Å². The molecule has 2 unspecified atom stereocenters.